The highest BCUT2D eigenvalue weighted by atomic mass is 16.5. The Labute approximate surface area is 95.0 Å². The Bertz CT molecular complexity index is 420. The molecule has 3 nitrogen and oxygen atoms in total. The SMILES string of the molecule is COc1cccc(C(=O)N2CC3CC3C2)c1. The van der Waals surface area contributed by atoms with Crippen molar-refractivity contribution in [2.24, 2.45) is 11.8 Å². The minimum Gasteiger partial charge on any atom is -0.497 e. The number of likely N-dealkylation sites (tertiary alicyclic amines) is 1. The van der Waals surface area contributed by atoms with Crippen LogP contribution in [0.4, 0.5) is 0 Å². The molecule has 1 aliphatic carbocycles. The van der Waals surface area contributed by atoms with Gasteiger partial charge in [-0.25, -0.2) is 0 Å². The summed E-state index contributed by atoms with van der Waals surface area (Å²) in [7, 11) is 1.62. The number of nitrogens with zero attached hydrogens (tertiary/aromatic N) is 1. The maximum atomic E-state index is 12.2. The third kappa shape index (κ3) is 1.56. The van der Waals surface area contributed by atoms with Crippen LogP contribution in [0.25, 0.3) is 0 Å². The molecule has 2 fully saturated rings. The first-order chi connectivity index (χ1) is 7.78. The quantitative estimate of drug-likeness (QED) is 0.755. The molecule has 1 aliphatic heterocycles. The molecule has 1 aromatic carbocycles. The fraction of sp³-hybridized carbons (Fsp3) is 0.462. The topological polar surface area (TPSA) is 29.5 Å². The number of hydrogen-bond donors (Lipinski definition) is 0. The first kappa shape index (κ1) is 9.70. The molecule has 0 radical (unpaired) electrons. The number of rotatable bonds is 2. The van der Waals surface area contributed by atoms with Crippen molar-refractivity contribution in [3.8, 4) is 5.75 Å². The lowest BCUT2D eigenvalue weighted by Gasteiger charge is -2.18. The van der Waals surface area contributed by atoms with E-state index in [0.29, 0.717) is 0 Å². The van der Waals surface area contributed by atoms with Gasteiger partial charge in [-0.3, -0.25) is 4.79 Å². The number of piperidine rings is 1. The maximum Gasteiger partial charge on any atom is 0.254 e. The van der Waals surface area contributed by atoms with Crippen molar-refractivity contribution in [3.63, 3.8) is 0 Å². The molecule has 0 N–H and O–H groups in total. The largest absolute Gasteiger partial charge is 0.497 e. The van der Waals surface area contributed by atoms with Gasteiger partial charge >= 0.3 is 0 Å². The van der Waals surface area contributed by atoms with Crippen LogP contribution in [-0.2, 0) is 0 Å². The Morgan fingerprint density at radius 1 is 1.38 bits per heavy atom. The molecule has 2 aliphatic rings. The maximum absolute atomic E-state index is 12.2. The highest BCUT2D eigenvalue weighted by molar-refractivity contribution is 5.94. The average Bonchev–Trinajstić information content (AvgIpc) is 2.95. The van der Waals surface area contributed by atoms with E-state index in [4.69, 9.17) is 4.74 Å². The average molecular weight is 217 g/mol. The summed E-state index contributed by atoms with van der Waals surface area (Å²) in [6.07, 6.45) is 1.32. The molecular weight excluding hydrogens is 202 g/mol. The zero-order valence-electron chi connectivity index (χ0n) is 9.35. The molecule has 0 bridgehead atoms. The molecular formula is C13H15NO2. The van der Waals surface area contributed by atoms with Crippen LogP contribution in [0.1, 0.15) is 16.8 Å². The summed E-state index contributed by atoms with van der Waals surface area (Å²) in [6, 6.07) is 7.39. The molecule has 84 valence electrons. The minimum absolute atomic E-state index is 0.145. The molecule has 3 heteroatoms. The van der Waals surface area contributed by atoms with E-state index in [-0.39, 0.29) is 5.91 Å². The van der Waals surface area contributed by atoms with E-state index in [1.807, 2.05) is 29.2 Å². The van der Waals surface area contributed by atoms with Crippen LogP contribution >= 0.6 is 0 Å². The number of carbonyl (C=O) groups is 1. The Kier molecular flexibility index (Phi) is 2.13. The summed E-state index contributed by atoms with van der Waals surface area (Å²) >= 11 is 0. The van der Waals surface area contributed by atoms with E-state index < -0.39 is 0 Å². The van der Waals surface area contributed by atoms with Gasteiger partial charge in [0.05, 0.1) is 7.11 Å². The van der Waals surface area contributed by atoms with Gasteiger partial charge in [0.25, 0.3) is 5.91 Å². The van der Waals surface area contributed by atoms with Crippen LogP contribution < -0.4 is 4.74 Å². The number of benzene rings is 1. The summed E-state index contributed by atoms with van der Waals surface area (Å²) in [5.41, 5.74) is 0.737. The lowest BCUT2D eigenvalue weighted by Crippen LogP contribution is -2.30. The van der Waals surface area contributed by atoms with E-state index in [1.165, 1.54) is 6.42 Å². The van der Waals surface area contributed by atoms with Gasteiger partial charge in [0, 0.05) is 18.7 Å². The van der Waals surface area contributed by atoms with Crippen molar-refractivity contribution >= 4 is 5.91 Å². The molecule has 16 heavy (non-hydrogen) atoms. The third-order valence-electron chi connectivity index (χ3n) is 3.58. The van der Waals surface area contributed by atoms with E-state index in [9.17, 15) is 4.79 Å². The Balaban J connectivity index is 1.77. The van der Waals surface area contributed by atoms with Gasteiger partial charge in [0.2, 0.25) is 0 Å². The zero-order chi connectivity index (χ0) is 11.1. The van der Waals surface area contributed by atoms with Gasteiger partial charge in [0.1, 0.15) is 5.75 Å². The van der Waals surface area contributed by atoms with E-state index in [1.54, 1.807) is 7.11 Å². The summed E-state index contributed by atoms with van der Waals surface area (Å²) in [4.78, 5) is 14.1. The van der Waals surface area contributed by atoms with Crippen molar-refractivity contribution in [2.45, 2.75) is 6.42 Å². The zero-order valence-corrected chi connectivity index (χ0v) is 9.35. The van der Waals surface area contributed by atoms with Crippen molar-refractivity contribution in [1.29, 1.82) is 0 Å². The second-order valence-corrected chi connectivity index (χ2v) is 4.70. The predicted molar refractivity (Wildman–Crippen MR) is 60.5 cm³/mol. The number of amides is 1. The van der Waals surface area contributed by atoms with Gasteiger partial charge < -0.3 is 9.64 Å². The van der Waals surface area contributed by atoms with Crippen LogP contribution in [-0.4, -0.2) is 31.0 Å². The minimum atomic E-state index is 0.145. The van der Waals surface area contributed by atoms with Gasteiger partial charge in [-0.1, -0.05) is 6.07 Å². The molecule has 1 saturated carbocycles. The summed E-state index contributed by atoms with van der Waals surface area (Å²) < 4.78 is 5.13. The smallest absolute Gasteiger partial charge is 0.254 e. The van der Waals surface area contributed by atoms with Crippen molar-refractivity contribution in [2.75, 3.05) is 20.2 Å². The molecule has 1 heterocycles. The molecule has 0 spiro atoms. The van der Waals surface area contributed by atoms with E-state index in [0.717, 1.165) is 36.2 Å². The highest BCUT2D eigenvalue weighted by Gasteiger charge is 2.46. The van der Waals surface area contributed by atoms with Crippen molar-refractivity contribution in [3.05, 3.63) is 29.8 Å². The third-order valence-corrected chi connectivity index (χ3v) is 3.58. The molecule has 1 saturated heterocycles. The number of fused-ring (bicyclic) bond motifs is 1. The number of hydrogen-bond acceptors (Lipinski definition) is 2. The van der Waals surface area contributed by atoms with Crippen LogP contribution in [0.2, 0.25) is 0 Å². The number of carbonyl (C=O) groups excluding carboxylic acids is 1. The first-order valence-electron chi connectivity index (χ1n) is 5.71. The summed E-state index contributed by atoms with van der Waals surface area (Å²) in [5, 5.41) is 0. The lowest BCUT2D eigenvalue weighted by atomic mass is 10.2. The fourth-order valence-corrected chi connectivity index (χ4v) is 2.50. The fourth-order valence-electron chi connectivity index (χ4n) is 2.50. The van der Waals surface area contributed by atoms with Gasteiger partial charge in [-0.05, 0) is 36.5 Å². The molecule has 0 aromatic heterocycles. The highest BCUT2D eigenvalue weighted by Crippen LogP contribution is 2.45. The van der Waals surface area contributed by atoms with E-state index >= 15 is 0 Å². The molecule has 3 rings (SSSR count). The summed E-state index contributed by atoms with van der Waals surface area (Å²) in [5.74, 6) is 2.46. The van der Waals surface area contributed by atoms with Gasteiger partial charge in [-0.15, -0.1) is 0 Å². The van der Waals surface area contributed by atoms with E-state index in [2.05, 4.69) is 0 Å². The monoisotopic (exact) mass is 217 g/mol. The van der Waals surface area contributed by atoms with Gasteiger partial charge in [-0.2, -0.15) is 0 Å². The summed E-state index contributed by atoms with van der Waals surface area (Å²) in [6.45, 7) is 1.89. The van der Waals surface area contributed by atoms with Crippen molar-refractivity contribution < 1.29 is 9.53 Å². The van der Waals surface area contributed by atoms with Gasteiger partial charge in [0.15, 0.2) is 0 Å². The Morgan fingerprint density at radius 2 is 2.12 bits per heavy atom. The second kappa shape index (κ2) is 3.51. The Morgan fingerprint density at radius 3 is 2.81 bits per heavy atom. The normalized spacial score (nSPS) is 26.4. The molecule has 2 atom stereocenters. The molecule has 1 aromatic rings. The van der Waals surface area contributed by atoms with Crippen LogP contribution in [0, 0.1) is 11.8 Å². The lowest BCUT2D eigenvalue weighted by molar-refractivity contribution is 0.0775. The number of methoxy groups -OCH3 is 1. The predicted octanol–water partition coefficient (Wildman–Crippen LogP) is 1.79. The van der Waals surface area contributed by atoms with Crippen LogP contribution in [0.15, 0.2) is 24.3 Å². The van der Waals surface area contributed by atoms with Crippen LogP contribution in [0.5, 0.6) is 5.75 Å². The standard InChI is InChI=1S/C13H15NO2/c1-16-12-4-2-3-9(6-12)13(15)14-7-10-5-11(10)8-14/h2-4,6,10-11H,5,7-8H2,1H3. The first-order valence-corrected chi connectivity index (χ1v) is 5.71. The Hall–Kier alpha value is -1.51. The van der Waals surface area contributed by atoms with Crippen LogP contribution in [0.3, 0.4) is 0 Å². The molecule has 1 amide bonds. The second-order valence-electron chi connectivity index (χ2n) is 4.70. The van der Waals surface area contributed by atoms with Crippen molar-refractivity contribution in [1.82, 2.24) is 4.90 Å². The number of ether oxygens (including phenoxy) is 1. The molecule has 2 unspecified atom stereocenters.